The number of amides is 1. The summed E-state index contributed by atoms with van der Waals surface area (Å²) in [6.45, 7) is 4.06. The van der Waals surface area contributed by atoms with E-state index in [1.807, 2.05) is 22.5 Å². The number of aromatic nitrogens is 2. The number of nitrogens with two attached hydrogens (primary N) is 1. The highest BCUT2D eigenvalue weighted by molar-refractivity contribution is 5.80. The number of para-hydroxylation sites is 1. The predicted octanol–water partition coefficient (Wildman–Crippen LogP) is 1.64. The summed E-state index contributed by atoms with van der Waals surface area (Å²) < 4.78 is 15.9. The molecule has 6 heteroatoms. The minimum Gasteiger partial charge on any atom is -0.368 e. The first-order valence-electron chi connectivity index (χ1n) is 7.28. The summed E-state index contributed by atoms with van der Waals surface area (Å²) in [4.78, 5) is 17.9. The topological polar surface area (TPSA) is 64.2 Å². The van der Waals surface area contributed by atoms with Crippen LogP contribution in [0, 0.1) is 5.82 Å². The largest absolute Gasteiger partial charge is 0.368 e. The van der Waals surface area contributed by atoms with Crippen molar-refractivity contribution in [3.63, 3.8) is 0 Å². The second-order valence-electron chi connectivity index (χ2n) is 5.41. The van der Waals surface area contributed by atoms with E-state index in [0.29, 0.717) is 18.6 Å². The molecule has 1 aliphatic heterocycles. The fraction of sp³-hybridized carbons (Fsp3) is 0.467. The maximum absolute atomic E-state index is 13.9. The van der Waals surface area contributed by atoms with Gasteiger partial charge in [-0.2, -0.15) is 0 Å². The van der Waals surface area contributed by atoms with Crippen LogP contribution >= 0.6 is 0 Å². The first-order valence-corrected chi connectivity index (χ1v) is 7.28. The number of imidazole rings is 1. The summed E-state index contributed by atoms with van der Waals surface area (Å²) in [7, 11) is 0. The van der Waals surface area contributed by atoms with Gasteiger partial charge in [-0.3, -0.25) is 9.69 Å². The molecular weight excluding hydrogens is 271 g/mol. The molecule has 0 radical (unpaired) electrons. The van der Waals surface area contributed by atoms with Crippen molar-refractivity contribution in [3.8, 4) is 0 Å². The molecule has 0 spiro atoms. The van der Waals surface area contributed by atoms with Gasteiger partial charge in [0.1, 0.15) is 11.3 Å². The number of rotatable bonds is 4. The quantitative estimate of drug-likeness (QED) is 0.931. The molecule has 21 heavy (non-hydrogen) atoms. The Morgan fingerprint density at radius 1 is 1.52 bits per heavy atom. The Kier molecular flexibility index (Phi) is 3.63. The molecule has 5 nitrogen and oxygen atoms in total. The molecule has 1 amide bonds. The zero-order valence-corrected chi connectivity index (χ0v) is 12.1. The monoisotopic (exact) mass is 290 g/mol. The van der Waals surface area contributed by atoms with Crippen molar-refractivity contribution in [1.82, 2.24) is 14.5 Å². The minimum absolute atomic E-state index is 0.236. The lowest BCUT2D eigenvalue weighted by Crippen LogP contribution is -2.40. The molecule has 1 aliphatic rings. The zero-order chi connectivity index (χ0) is 15.0. The van der Waals surface area contributed by atoms with Gasteiger partial charge in [-0.15, -0.1) is 0 Å². The number of carbonyl (C=O) groups excluding carboxylic acids is 1. The van der Waals surface area contributed by atoms with Crippen molar-refractivity contribution in [2.24, 2.45) is 5.73 Å². The van der Waals surface area contributed by atoms with Crippen molar-refractivity contribution in [1.29, 1.82) is 0 Å². The van der Waals surface area contributed by atoms with Gasteiger partial charge in [0.15, 0.2) is 5.82 Å². The third kappa shape index (κ3) is 2.40. The smallest absolute Gasteiger partial charge is 0.234 e. The highest BCUT2D eigenvalue weighted by Gasteiger charge is 2.30. The molecule has 1 aromatic heterocycles. The maximum Gasteiger partial charge on any atom is 0.234 e. The van der Waals surface area contributed by atoms with Crippen LogP contribution in [0.3, 0.4) is 0 Å². The Labute approximate surface area is 122 Å². The van der Waals surface area contributed by atoms with Crippen LogP contribution in [0.2, 0.25) is 0 Å². The number of benzene rings is 1. The number of halogens is 1. The fourth-order valence-corrected chi connectivity index (χ4v) is 3.15. The SMILES string of the molecule is CCn1c(CN2CCC[C@@H]2C(N)=O)nc2c(F)cccc21. The van der Waals surface area contributed by atoms with Gasteiger partial charge in [-0.25, -0.2) is 9.37 Å². The van der Waals surface area contributed by atoms with Crippen LogP contribution in [0.4, 0.5) is 4.39 Å². The highest BCUT2D eigenvalue weighted by Crippen LogP contribution is 2.23. The molecule has 0 bridgehead atoms. The van der Waals surface area contributed by atoms with Gasteiger partial charge in [0.05, 0.1) is 18.1 Å². The van der Waals surface area contributed by atoms with Crippen molar-refractivity contribution in [3.05, 3.63) is 29.8 Å². The molecule has 1 aromatic carbocycles. The Morgan fingerprint density at radius 3 is 3.05 bits per heavy atom. The Balaban J connectivity index is 1.97. The Bertz CT molecular complexity index is 682. The molecule has 0 aliphatic carbocycles. The summed E-state index contributed by atoms with van der Waals surface area (Å²) in [6, 6.07) is 4.74. The molecular formula is C15H19FN4O. The summed E-state index contributed by atoms with van der Waals surface area (Å²) in [5, 5.41) is 0. The molecule has 3 rings (SSSR count). The normalized spacial score (nSPS) is 19.4. The number of likely N-dealkylation sites (tertiary alicyclic amines) is 1. The Hall–Kier alpha value is -1.95. The van der Waals surface area contributed by atoms with E-state index in [-0.39, 0.29) is 17.8 Å². The van der Waals surface area contributed by atoms with Gasteiger partial charge >= 0.3 is 0 Å². The van der Waals surface area contributed by atoms with Crippen LogP contribution in [0.5, 0.6) is 0 Å². The second-order valence-corrected chi connectivity index (χ2v) is 5.41. The number of fused-ring (bicyclic) bond motifs is 1. The summed E-state index contributed by atoms with van der Waals surface area (Å²) in [5.74, 6) is 0.178. The van der Waals surface area contributed by atoms with Crippen LogP contribution in [0.1, 0.15) is 25.6 Å². The lowest BCUT2D eigenvalue weighted by atomic mass is 10.2. The summed E-state index contributed by atoms with van der Waals surface area (Å²) >= 11 is 0. The van der Waals surface area contributed by atoms with E-state index < -0.39 is 0 Å². The lowest BCUT2D eigenvalue weighted by molar-refractivity contribution is -0.122. The van der Waals surface area contributed by atoms with Crippen LogP contribution in [0.25, 0.3) is 11.0 Å². The number of primary amides is 1. The van der Waals surface area contributed by atoms with E-state index in [4.69, 9.17) is 5.73 Å². The molecule has 1 fully saturated rings. The molecule has 0 unspecified atom stereocenters. The van der Waals surface area contributed by atoms with E-state index in [0.717, 1.165) is 30.7 Å². The van der Waals surface area contributed by atoms with Gasteiger partial charge in [-0.05, 0) is 38.4 Å². The highest BCUT2D eigenvalue weighted by atomic mass is 19.1. The van der Waals surface area contributed by atoms with Gasteiger partial charge < -0.3 is 10.3 Å². The van der Waals surface area contributed by atoms with Crippen LogP contribution < -0.4 is 5.73 Å². The van der Waals surface area contributed by atoms with E-state index in [1.54, 1.807) is 6.07 Å². The van der Waals surface area contributed by atoms with Gasteiger partial charge in [0.25, 0.3) is 0 Å². The second kappa shape index (κ2) is 5.44. The predicted molar refractivity (Wildman–Crippen MR) is 78.0 cm³/mol. The number of hydrogen-bond acceptors (Lipinski definition) is 3. The van der Waals surface area contributed by atoms with E-state index in [2.05, 4.69) is 4.98 Å². The first-order chi connectivity index (χ1) is 10.1. The van der Waals surface area contributed by atoms with Crippen LogP contribution in [0.15, 0.2) is 18.2 Å². The van der Waals surface area contributed by atoms with Gasteiger partial charge in [0.2, 0.25) is 5.91 Å². The number of nitrogens with zero attached hydrogens (tertiary/aromatic N) is 3. The van der Waals surface area contributed by atoms with E-state index >= 15 is 0 Å². The summed E-state index contributed by atoms with van der Waals surface area (Å²) in [6.07, 6.45) is 1.74. The zero-order valence-electron chi connectivity index (χ0n) is 12.1. The average molecular weight is 290 g/mol. The van der Waals surface area contributed by atoms with Gasteiger partial charge in [-0.1, -0.05) is 6.07 Å². The van der Waals surface area contributed by atoms with E-state index in [1.165, 1.54) is 6.07 Å². The third-order valence-corrected chi connectivity index (χ3v) is 4.16. The number of carbonyl (C=O) groups is 1. The van der Waals surface area contributed by atoms with Crippen LogP contribution in [-0.2, 0) is 17.9 Å². The van der Waals surface area contributed by atoms with Crippen molar-refractivity contribution in [2.75, 3.05) is 6.54 Å². The third-order valence-electron chi connectivity index (χ3n) is 4.16. The Morgan fingerprint density at radius 2 is 2.33 bits per heavy atom. The molecule has 2 aromatic rings. The lowest BCUT2D eigenvalue weighted by Gasteiger charge is -2.21. The standard InChI is InChI=1S/C15H19FN4O/c1-2-20-11-6-3-5-10(16)14(11)18-13(20)9-19-8-4-7-12(19)15(17)21/h3,5-6,12H,2,4,7-9H2,1H3,(H2,17,21)/t12-/m1/s1. The molecule has 1 atom stereocenters. The van der Waals surface area contributed by atoms with Crippen molar-refractivity contribution >= 4 is 16.9 Å². The van der Waals surface area contributed by atoms with Crippen molar-refractivity contribution < 1.29 is 9.18 Å². The molecule has 2 heterocycles. The fourth-order valence-electron chi connectivity index (χ4n) is 3.15. The van der Waals surface area contributed by atoms with Crippen molar-refractivity contribution in [2.45, 2.75) is 38.9 Å². The number of aryl methyl sites for hydroxylation is 1. The van der Waals surface area contributed by atoms with Crippen LogP contribution in [-0.4, -0.2) is 32.9 Å². The molecule has 2 N–H and O–H groups in total. The van der Waals surface area contributed by atoms with E-state index in [9.17, 15) is 9.18 Å². The average Bonchev–Trinajstić information content (AvgIpc) is 3.04. The molecule has 0 saturated carbocycles. The van der Waals surface area contributed by atoms with Gasteiger partial charge in [0, 0.05) is 6.54 Å². The summed E-state index contributed by atoms with van der Waals surface area (Å²) in [5.41, 5.74) is 6.63. The maximum atomic E-state index is 13.9. The minimum atomic E-state index is -0.311. The molecule has 1 saturated heterocycles. The first kappa shape index (κ1) is 14.0. The molecule has 112 valence electrons. The number of hydrogen-bond donors (Lipinski definition) is 1.